The van der Waals surface area contributed by atoms with Crippen molar-refractivity contribution in [2.75, 3.05) is 14.2 Å². The fourth-order valence-corrected chi connectivity index (χ4v) is 2.52. The van der Waals surface area contributed by atoms with E-state index in [-0.39, 0.29) is 12.5 Å². The molecule has 2 aromatic heterocycles. The quantitative estimate of drug-likeness (QED) is 0.713. The second kappa shape index (κ2) is 6.83. The predicted molar refractivity (Wildman–Crippen MR) is 89.2 cm³/mol. The summed E-state index contributed by atoms with van der Waals surface area (Å²) in [6.07, 6.45) is 0. The summed E-state index contributed by atoms with van der Waals surface area (Å²) in [7, 11) is 3.08. The van der Waals surface area contributed by atoms with Crippen LogP contribution < -0.4 is 14.8 Å². The zero-order valence-corrected chi connectivity index (χ0v) is 14.6. The van der Waals surface area contributed by atoms with Crippen molar-refractivity contribution in [2.24, 2.45) is 0 Å². The Bertz CT molecular complexity index is 896. The largest absolute Gasteiger partial charge is 0.497 e. The minimum Gasteiger partial charge on any atom is -0.497 e. The van der Waals surface area contributed by atoms with E-state index in [9.17, 15) is 4.79 Å². The summed E-state index contributed by atoms with van der Waals surface area (Å²) in [5.74, 6) is 1.27. The van der Waals surface area contributed by atoms with Crippen LogP contribution in [0.5, 0.6) is 11.6 Å². The van der Waals surface area contributed by atoms with Gasteiger partial charge < -0.3 is 14.8 Å². The number of rotatable bonds is 5. The summed E-state index contributed by atoms with van der Waals surface area (Å²) >= 11 is 3.36. The Morgan fingerprint density at radius 3 is 2.79 bits per heavy atom. The molecule has 124 valence electrons. The zero-order valence-electron chi connectivity index (χ0n) is 13.0. The summed E-state index contributed by atoms with van der Waals surface area (Å²) in [5, 5.41) is 15.1. The van der Waals surface area contributed by atoms with Crippen LogP contribution in [-0.2, 0) is 6.54 Å². The summed E-state index contributed by atoms with van der Waals surface area (Å²) < 4.78 is 12.4. The monoisotopic (exact) mass is 391 g/mol. The Balaban J connectivity index is 1.79. The number of hydrogen-bond acceptors (Lipinski definition) is 6. The molecule has 2 heterocycles. The van der Waals surface area contributed by atoms with E-state index in [1.165, 1.54) is 11.6 Å². The van der Waals surface area contributed by atoms with Crippen molar-refractivity contribution in [2.45, 2.75) is 6.54 Å². The molecule has 0 spiro atoms. The van der Waals surface area contributed by atoms with Gasteiger partial charge in [-0.3, -0.25) is 4.79 Å². The molecule has 0 unspecified atom stereocenters. The van der Waals surface area contributed by atoms with Crippen molar-refractivity contribution in [3.8, 4) is 11.6 Å². The molecule has 0 atom stereocenters. The molecule has 1 N–H and O–H groups in total. The molecule has 0 aliphatic rings. The molecule has 1 aromatic carbocycles. The standard InChI is InChI=1S/C15H14BrN5O3/c1-23-9-3-4-11(16)10(7-9)15(22)17-8-13-19-18-12-5-6-14(24-2)20-21(12)13/h3-7H,8H2,1-2H3,(H,17,22). The molecule has 0 saturated carbocycles. The van der Waals surface area contributed by atoms with Crippen LogP contribution in [-0.4, -0.2) is 39.9 Å². The van der Waals surface area contributed by atoms with E-state index in [0.29, 0.717) is 33.1 Å². The fourth-order valence-electron chi connectivity index (χ4n) is 2.10. The Labute approximate surface area is 145 Å². The highest BCUT2D eigenvalue weighted by atomic mass is 79.9. The average molecular weight is 392 g/mol. The molecule has 0 aliphatic heterocycles. The van der Waals surface area contributed by atoms with Gasteiger partial charge >= 0.3 is 0 Å². The molecule has 8 nitrogen and oxygen atoms in total. The number of methoxy groups -OCH3 is 2. The number of nitrogens with zero attached hydrogens (tertiary/aromatic N) is 4. The maximum atomic E-state index is 12.4. The highest BCUT2D eigenvalue weighted by Gasteiger charge is 2.14. The van der Waals surface area contributed by atoms with Crippen molar-refractivity contribution in [3.63, 3.8) is 0 Å². The van der Waals surface area contributed by atoms with Crippen molar-refractivity contribution in [3.05, 3.63) is 46.2 Å². The molecule has 0 radical (unpaired) electrons. The van der Waals surface area contributed by atoms with Gasteiger partial charge in [-0.15, -0.1) is 15.3 Å². The van der Waals surface area contributed by atoms with Crippen LogP contribution in [0.2, 0.25) is 0 Å². The topological polar surface area (TPSA) is 90.6 Å². The third-order valence-electron chi connectivity index (χ3n) is 3.34. The lowest BCUT2D eigenvalue weighted by Gasteiger charge is -2.08. The molecule has 0 aliphatic carbocycles. The Morgan fingerprint density at radius 2 is 2.04 bits per heavy atom. The first kappa shape index (κ1) is 16.2. The van der Waals surface area contributed by atoms with E-state index in [1.807, 2.05) is 0 Å². The molecular weight excluding hydrogens is 378 g/mol. The predicted octanol–water partition coefficient (Wildman–Crippen LogP) is 1.83. The maximum Gasteiger partial charge on any atom is 0.252 e. The van der Waals surface area contributed by atoms with E-state index in [1.54, 1.807) is 37.4 Å². The molecular formula is C15H14BrN5O3. The normalized spacial score (nSPS) is 10.6. The number of carbonyl (C=O) groups is 1. The first-order valence-corrected chi connectivity index (χ1v) is 7.78. The van der Waals surface area contributed by atoms with Gasteiger partial charge in [0.25, 0.3) is 5.91 Å². The van der Waals surface area contributed by atoms with E-state index in [0.717, 1.165) is 0 Å². The first-order chi connectivity index (χ1) is 11.6. The van der Waals surface area contributed by atoms with Gasteiger partial charge in [0.1, 0.15) is 5.75 Å². The van der Waals surface area contributed by atoms with Gasteiger partial charge in [0, 0.05) is 10.5 Å². The number of benzene rings is 1. The van der Waals surface area contributed by atoms with Crippen LogP contribution in [0, 0.1) is 0 Å². The number of carbonyl (C=O) groups excluding carboxylic acids is 1. The Hall–Kier alpha value is -2.68. The van der Waals surface area contributed by atoms with Gasteiger partial charge in [-0.25, -0.2) is 0 Å². The van der Waals surface area contributed by atoms with E-state index in [4.69, 9.17) is 9.47 Å². The van der Waals surface area contributed by atoms with Crippen LogP contribution in [0.25, 0.3) is 5.65 Å². The molecule has 1 amide bonds. The summed E-state index contributed by atoms with van der Waals surface area (Å²) in [4.78, 5) is 12.4. The number of fused-ring (bicyclic) bond motifs is 1. The fraction of sp³-hybridized carbons (Fsp3) is 0.200. The Morgan fingerprint density at radius 1 is 1.21 bits per heavy atom. The molecule has 0 bridgehead atoms. The zero-order chi connectivity index (χ0) is 17.1. The number of halogens is 1. The summed E-state index contributed by atoms with van der Waals surface area (Å²) in [6.45, 7) is 0.170. The van der Waals surface area contributed by atoms with Gasteiger partial charge in [0.2, 0.25) is 5.88 Å². The minimum absolute atomic E-state index is 0.170. The molecule has 0 fully saturated rings. The van der Waals surface area contributed by atoms with Crippen LogP contribution in [0.1, 0.15) is 16.2 Å². The maximum absolute atomic E-state index is 12.4. The van der Waals surface area contributed by atoms with Crippen LogP contribution in [0.4, 0.5) is 0 Å². The second-order valence-electron chi connectivity index (χ2n) is 4.79. The summed E-state index contributed by atoms with van der Waals surface area (Å²) in [6, 6.07) is 8.61. The van der Waals surface area contributed by atoms with E-state index in [2.05, 4.69) is 36.5 Å². The number of nitrogens with one attached hydrogen (secondary N) is 1. The highest BCUT2D eigenvalue weighted by molar-refractivity contribution is 9.10. The van der Waals surface area contributed by atoms with Crippen molar-refractivity contribution >= 4 is 27.5 Å². The third-order valence-corrected chi connectivity index (χ3v) is 4.03. The lowest BCUT2D eigenvalue weighted by Crippen LogP contribution is -2.24. The van der Waals surface area contributed by atoms with Crippen LogP contribution >= 0.6 is 15.9 Å². The molecule has 3 aromatic rings. The lowest BCUT2D eigenvalue weighted by molar-refractivity contribution is 0.0948. The van der Waals surface area contributed by atoms with Gasteiger partial charge in [0.05, 0.1) is 26.3 Å². The van der Waals surface area contributed by atoms with Crippen molar-refractivity contribution < 1.29 is 14.3 Å². The van der Waals surface area contributed by atoms with Crippen molar-refractivity contribution in [1.82, 2.24) is 25.1 Å². The highest BCUT2D eigenvalue weighted by Crippen LogP contribution is 2.22. The lowest BCUT2D eigenvalue weighted by atomic mass is 10.2. The molecule has 0 saturated heterocycles. The number of amides is 1. The van der Waals surface area contributed by atoms with Gasteiger partial charge in [-0.1, -0.05) is 0 Å². The van der Waals surface area contributed by atoms with Gasteiger partial charge in [0.15, 0.2) is 11.5 Å². The van der Waals surface area contributed by atoms with Crippen molar-refractivity contribution in [1.29, 1.82) is 0 Å². The van der Waals surface area contributed by atoms with Crippen LogP contribution in [0.15, 0.2) is 34.8 Å². The molecule has 9 heteroatoms. The number of aromatic nitrogens is 4. The third kappa shape index (κ3) is 3.16. The smallest absolute Gasteiger partial charge is 0.252 e. The minimum atomic E-state index is -0.263. The molecule has 24 heavy (non-hydrogen) atoms. The Kier molecular flexibility index (Phi) is 4.61. The van der Waals surface area contributed by atoms with Gasteiger partial charge in [-0.05, 0) is 40.2 Å². The first-order valence-electron chi connectivity index (χ1n) is 6.99. The van der Waals surface area contributed by atoms with Gasteiger partial charge in [-0.2, -0.15) is 4.52 Å². The average Bonchev–Trinajstić information content (AvgIpc) is 3.02. The number of hydrogen-bond donors (Lipinski definition) is 1. The summed E-state index contributed by atoms with van der Waals surface area (Å²) in [5.41, 5.74) is 1.04. The van der Waals surface area contributed by atoms with E-state index < -0.39 is 0 Å². The number of ether oxygens (including phenoxy) is 2. The molecule has 3 rings (SSSR count). The SMILES string of the molecule is COc1ccc(Br)c(C(=O)NCc2nnc3ccc(OC)nn23)c1. The van der Waals surface area contributed by atoms with Crippen LogP contribution in [0.3, 0.4) is 0 Å². The van der Waals surface area contributed by atoms with E-state index >= 15 is 0 Å². The second-order valence-corrected chi connectivity index (χ2v) is 5.64.